The van der Waals surface area contributed by atoms with Gasteiger partial charge in [-0.15, -0.1) is 0 Å². The van der Waals surface area contributed by atoms with Crippen molar-refractivity contribution in [3.63, 3.8) is 0 Å². The molecule has 1 heterocycles. The van der Waals surface area contributed by atoms with Gasteiger partial charge in [0.25, 0.3) is 17.6 Å². The molecule has 1 aliphatic heterocycles. The number of carboxylic acid groups (broad SMARTS) is 1. The van der Waals surface area contributed by atoms with Gasteiger partial charge in [-0.25, -0.2) is 4.79 Å². The summed E-state index contributed by atoms with van der Waals surface area (Å²) >= 11 is 0. The Balaban J connectivity index is 1.94. The first-order chi connectivity index (χ1) is 18.1. The molecule has 0 saturated carbocycles. The smallest absolute Gasteiger partial charge is 0.374 e. The predicted molar refractivity (Wildman–Crippen MR) is 138 cm³/mol. The Kier molecular flexibility index (Phi) is 9.50. The zero-order chi connectivity index (χ0) is 27.8. The van der Waals surface area contributed by atoms with Crippen molar-refractivity contribution in [1.82, 2.24) is 15.1 Å². The van der Waals surface area contributed by atoms with Crippen LogP contribution in [0.15, 0.2) is 66.9 Å². The lowest BCUT2D eigenvalue weighted by Crippen LogP contribution is -2.57. The van der Waals surface area contributed by atoms with Crippen molar-refractivity contribution >= 4 is 35.2 Å². The minimum atomic E-state index is -1.67. The molecule has 0 radical (unpaired) electrons. The molecule has 38 heavy (non-hydrogen) atoms. The molecule has 0 aliphatic carbocycles. The van der Waals surface area contributed by atoms with Crippen LogP contribution in [0.5, 0.6) is 0 Å². The lowest BCUT2D eigenvalue weighted by molar-refractivity contribution is -0.150. The minimum absolute atomic E-state index is 0.0268. The first kappa shape index (κ1) is 28.3. The maximum Gasteiger partial charge on any atom is 0.374 e. The second-order valence-corrected chi connectivity index (χ2v) is 9.21. The van der Waals surface area contributed by atoms with Crippen molar-refractivity contribution < 1.29 is 33.8 Å². The summed E-state index contributed by atoms with van der Waals surface area (Å²) in [4.78, 5) is 66.2. The number of nitrogens with one attached hydrogen (secondary N) is 1. The first-order valence-corrected chi connectivity index (χ1v) is 12.1. The van der Waals surface area contributed by atoms with Crippen LogP contribution in [-0.2, 0) is 35.1 Å². The molecule has 2 aromatic rings. The standard InChI is InChI=1S/C28H31N3O7/c1-18(2)25-27(35)30(22(20-12-8-5-9-13-20)15-31(25)24(33)17-38-3)16-23(32)29-21(26(34)28(36)37)14-19-10-6-4-7-11-19/h4-13,15,18,21,25H,14,16-17H2,1-3H3,(H,29,32)(H,36,37)/t21-,25+/m0/s1. The molecule has 0 fully saturated rings. The highest BCUT2D eigenvalue weighted by Crippen LogP contribution is 2.30. The molecule has 2 atom stereocenters. The lowest BCUT2D eigenvalue weighted by Gasteiger charge is -2.41. The number of amides is 3. The Morgan fingerprint density at radius 2 is 1.61 bits per heavy atom. The van der Waals surface area contributed by atoms with Crippen LogP contribution in [0.1, 0.15) is 25.0 Å². The van der Waals surface area contributed by atoms with Gasteiger partial charge in [-0.3, -0.25) is 24.1 Å². The fourth-order valence-corrected chi connectivity index (χ4v) is 4.30. The van der Waals surface area contributed by atoms with Crippen LogP contribution in [0.3, 0.4) is 0 Å². The third-order valence-electron chi connectivity index (χ3n) is 6.07. The predicted octanol–water partition coefficient (Wildman–Crippen LogP) is 1.71. The molecule has 3 rings (SSSR count). The monoisotopic (exact) mass is 521 g/mol. The van der Waals surface area contributed by atoms with Gasteiger partial charge in [-0.1, -0.05) is 74.5 Å². The van der Waals surface area contributed by atoms with E-state index in [-0.39, 0.29) is 18.9 Å². The van der Waals surface area contributed by atoms with Crippen LogP contribution in [0.4, 0.5) is 0 Å². The average Bonchev–Trinajstić information content (AvgIpc) is 2.89. The number of carbonyl (C=O) groups excluding carboxylic acids is 4. The number of ether oxygens (including phenoxy) is 1. The van der Waals surface area contributed by atoms with Gasteiger partial charge < -0.3 is 20.1 Å². The average molecular weight is 522 g/mol. The molecule has 0 bridgehead atoms. The van der Waals surface area contributed by atoms with Crippen LogP contribution in [0, 0.1) is 5.92 Å². The number of carbonyl (C=O) groups is 5. The van der Waals surface area contributed by atoms with Crippen LogP contribution in [0.2, 0.25) is 0 Å². The molecular formula is C28H31N3O7. The molecule has 200 valence electrons. The molecular weight excluding hydrogens is 490 g/mol. The molecule has 3 amide bonds. The van der Waals surface area contributed by atoms with E-state index in [1.54, 1.807) is 74.5 Å². The second kappa shape index (κ2) is 12.8. The number of methoxy groups -OCH3 is 1. The van der Waals surface area contributed by atoms with Gasteiger partial charge >= 0.3 is 5.97 Å². The third kappa shape index (κ3) is 6.71. The quantitative estimate of drug-likeness (QED) is 0.430. The number of rotatable bonds is 11. The lowest BCUT2D eigenvalue weighted by atomic mass is 9.97. The Morgan fingerprint density at radius 3 is 2.16 bits per heavy atom. The number of ketones is 1. The summed E-state index contributed by atoms with van der Waals surface area (Å²) < 4.78 is 5.00. The van der Waals surface area contributed by atoms with E-state index < -0.39 is 48.1 Å². The van der Waals surface area contributed by atoms with Crippen LogP contribution >= 0.6 is 0 Å². The van der Waals surface area contributed by atoms with Gasteiger partial charge in [-0.05, 0) is 17.0 Å². The van der Waals surface area contributed by atoms with Crippen molar-refractivity contribution in [3.05, 3.63) is 78.0 Å². The maximum atomic E-state index is 13.7. The number of Topliss-reactive ketones (excluding diaryl/α,β-unsaturated/α-hetero) is 1. The number of carboxylic acids is 1. The molecule has 0 saturated heterocycles. The van der Waals surface area contributed by atoms with Gasteiger partial charge in [0.1, 0.15) is 25.2 Å². The zero-order valence-electron chi connectivity index (χ0n) is 21.5. The summed E-state index contributed by atoms with van der Waals surface area (Å²) in [6.45, 7) is 2.87. The van der Waals surface area contributed by atoms with Crippen molar-refractivity contribution in [2.75, 3.05) is 20.3 Å². The molecule has 10 nitrogen and oxygen atoms in total. The van der Waals surface area contributed by atoms with Crippen molar-refractivity contribution in [1.29, 1.82) is 0 Å². The van der Waals surface area contributed by atoms with Crippen LogP contribution in [0.25, 0.3) is 5.70 Å². The zero-order valence-corrected chi connectivity index (χ0v) is 21.5. The van der Waals surface area contributed by atoms with Gasteiger partial charge in [0.15, 0.2) is 0 Å². The largest absolute Gasteiger partial charge is 0.475 e. The van der Waals surface area contributed by atoms with E-state index in [0.29, 0.717) is 16.8 Å². The molecule has 1 aliphatic rings. The Hall–Kier alpha value is -4.31. The van der Waals surface area contributed by atoms with Crippen molar-refractivity contribution in [2.24, 2.45) is 5.92 Å². The van der Waals surface area contributed by atoms with Crippen LogP contribution in [-0.4, -0.2) is 76.7 Å². The number of aliphatic carboxylic acids is 1. The highest BCUT2D eigenvalue weighted by Gasteiger charge is 2.41. The van der Waals surface area contributed by atoms with E-state index in [9.17, 15) is 29.1 Å². The topological polar surface area (TPSA) is 133 Å². The van der Waals surface area contributed by atoms with E-state index in [1.807, 2.05) is 0 Å². The molecule has 10 heteroatoms. The van der Waals surface area contributed by atoms with E-state index >= 15 is 0 Å². The number of nitrogens with zero attached hydrogens (tertiary/aromatic N) is 2. The molecule has 0 aromatic heterocycles. The number of hydrogen-bond donors (Lipinski definition) is 2. The summed E-state index contributed by atoms with van der Waals surface area (Å²) in [5.41, 5.74) is 1.57. The van der Waals surface area contributed by atoms with Gasteiger partial charge in [-0.2, -0.15) is 0 Å². The van der Waals surface area contributed by atoms with E-state index in [0.717, 1.165) is 0 Å². The summed E-state index contributed by atoms with van der Waals surface area (Å²) in [7, 11) is 1.39. The second-order valence-electron chi connectivity index (χ2n) is 9.21. The SMILES string of the molecule is COCC(=O)N1C=C(c2ccccc2)N(CC(=O)N[C@@H](Cc2ccccc2)C(=O)C(=O)O)C(=O)[C@H]1C(C)C. The Labute approximate surface area is 220 Å². The molecule has 0 spiro atoms. The highest BCUT2D eigenvalue weighted by atomic mass is 16.5. The Morgan fingerprint density at radius 1 is 1.00 bits per heavy atom. The van der Waals surface area contributed by atoms with Gasteiger partial charge in [0, 0.05) is 19.7 Å². The fourth-order valence-electron chi connectivity index (χ4n) is 4.30. The minimum Gasteiger partial charge on any atom is -0.475 e. The number of hydrogen-bond acceptors (Lipinski definition) is 6. The molecule has 2 aromatic carbocycles. The van der Waals surface area contributed by atoms with Gasteiger partial charge in [0.05, 0.1) is 5.70 Å². The van der Waals surface area contributed by atoms with Crippen LogP contribution < -0.4 is 5.32 Å². The maximum absolute atomic E-state index is 13.7. The summed E-state index contributed by atoms with van der Waals surface area (Å²) in [5, 5.41) is 11.8. The fraction of sp³-hybridized carbons (Fsp3) is 0.321. The van der Waals surface area contributed by atoms with E-state index in [4.69, 9.17) is 4.74 Å². The molecule has 2 N–H and O–H groups in total. The first-order valence-electron chi connectivity index (χ1n) is 12.1. The normalized spacial score (nSPS) is 16.2. The van der Waals surface area contributed by atoms with Gasteiger partial charge in [0.2, 0.25) is 5.91 Å². The van der Waals surface area contributed by atoms with E-state index in [2.05, 4.69) is 5.32 Å². The van der Waals surface area contributed by atoms with Crippen molar-refractivity contribution in [3.8, 4) is 0 Å². The summed E-state index contributed by atoms with van der Waals surface area (Å²) in [6, 6.07) is 15.3. The Bertz CT molecular complexity index is 1210. The summed E-state index contributed by atoms with van der Waals surface area (Å²) in [6.07, 6.45) is 1.50. The summed E-state index contributed by atoms with van der Waals surface area (Å²) in [5.74, 6) is -4.73. The number of benzene rings is 2. The molecule has 0 unspecified atom stereocenters. The van der Waals surface area contributed by atoms with Crippen molar-refractivity contribution in [2.45, 2.75) is 32.4 Å². The third-order valence-corrected chi connectivity index (χ3v) is 6.07. The highest BCUT2D eigenvalue weighted by molar-refractivity contribution is 6.35. The van der Waals surface area contributed by atoms with E-state index in [1.165, 1.54) is 23.1 Å².